The highest BCUT2D eigenvalue weighted by molar-refractivity contribution is 7.46. The lowest BCUT2D eigenvalue weighted by Crippen LogP contribution is -2.56. The first-order chi connectivity index (χ1) is 12.6. The molecular weight excluding hydrogens is 457 g/mol. The molecule has 0 aliphatic carbocycles. The van der Waals surface area contributed by atoms with Crippen molar-refractivity contribution < 1.29 is 75.9 Å². The van der Waals surface area contributed by atoms with Crippen LogP contribution >= 0.6 is 23.5 Å². The average molecular weight is 476 g/mol. The van der Waals surface area contributed by atoms with E-state index in [0.717, 1.165) is 0 Å². The molecule has 0 bridgehead atoms. The quantitative estimate of drug-likeness (QED) is 0.180. The van der Waals surface area contributed by atoms with Crippen molar-refractivity contribution in [3.05, 3.63) is 0 Å². The number of phosphoric ester groups is 3. The van der Waals surface area contributed by atoms with E-state index in [4.69, 9.17) is 43.6 Å². The number of ether oxygens (including phenoxy) is 3. The topological polar surface area (TPSA) is 248 Å². The second-order valence-corrected chi connectivity index (χ2v) is 9.31. The average Bonchev–Trinajstić information content (AvgIpc) is 2.88. The molecule has 7 N–H and O–H groups in total. The number of hydrogen-bond donors (Lipinski definition) is 7. The van der Waals surface area contributed by atoms with Gasteiger partial charge in [-0.1, -0.05) is 0 Å². The Kier molecular flexibility index (Phi) is 7.96. The van der Waals surface area contributed by atoms with Crippen LogP contribution in [0.15, 0.2) is 0 Å². The van der Waals surface area contributed by atoms with Crippen LogP contribution in [0.25, 0.3) is 0 Å². The molecule has 0 radical (unpaired) electrons. The van der Waals surface area contributed by atoms with E-state index < -0.39 is 66.9 Å². The van der Waals surface area contributed by atoms with Gasteiger partial charge in [-0.05, 0) is 0 Å². The molecule has 2 heterocycles. The van der Waals surface area contributed by atoms with Gasteiger partial charge < -0.3 is 48.7 Å². The molecule has 0 aromatic heterocycles. The number of aliphatic hydroxyl groups is 1. The van der Waals surface area contributed by atoms with E-state index >= 15 is 0 Å². The molecule has 19 heteroatoms. The van der Waals surface area contributed by atoms with E-state index in [1.165, 1.54) is 0 Å². The minimum atomic E-state index is -5.23. The van der Waals surface area contributed by atoms with Crippen molar-refractivity contribution in [2.75, 3.05) is 19.8 Å². The van der Waals surface area contributed by atoms with E-state index in [1.54, 1.807) is 0 Å². The Morgan fingerprint density at radius 3 is 1.75 bits per heavy atom. The van der Waals surface area contributed by atoms with Crippen molar-refractivity contribution in [2.24, 2.45) is 0 Å². The fourth-order valence-electron chi connectivity index (χ4n) is 2.52. The second-order valence-electron chi connectivity index (χ2n) is 5.73. The molecule has 0 aromatic carbocycles. The summed E-state index contributed by atoms with van der Waals surface area (Å²) in [6, 6.07) is 0. The van der Waals surface area contributed by atoms with Gasteiger partial charge in [0.2, 0.25) is 0 Å². The van der Waals surface area contributed by atoms with Crippen LogP contribution in [0.5, 0.6) is 0 Å². The van der Waals surface area contributed by atoms with E-state index in [1.807, 2.05) is 0 Å². The molecule has 2 saturated heterocycles. The maximum absolute atomic E-state index is 11.1. The molecule has 28 heavy (non-hydrogen) atoms. The second kappa shape index (κ2) is 9.12. The summed E-state index contributed by atoms with van der Waals surface area (Å²) in [5, 5.41) is 10.3. The predicted octanol–water partition coefficient (Wildman–Crippen LogP) is -2.45. The van der Waals surface area contributed by atoms with Gasteiger partial charge in [-0.2, -0.15) is 0 Å². The summed E-state index contributed by atoms with van der Waals surface area (Å²) in [6.07, 6.45) is -9.85. The molecule has 2 fully saturated rings. The van der Waals surface area contributed by atoms with Gasteiger partial charge in [0, 0.05) is 0 Å². The highest BCUT2D eigenvalue weighted by atomic mass is 31.2. The summed E-state index contributed by atoms with van der Waals surface area (Å²) in [4.78, 5) is 53.4. The van der Waals surface area contributed by atoms with Crippen LogP contribution in [0.3, 0.4) is 0 Å². The van der Waals surface area contributed by atoms with Crippen molar-refractivity contribution in [1.82, 2.24) is 0 Å². The maximum Gasteiger partial charge on any atom is 0.470 e. The molecule has 0 unspecified atom stereocenters. The summed E-state index contributed by atoms with van der Waals surface area (Å²) in [5.41, 5.74) is 0. The van der Waals surface area contributed by atoms with Gasteiger partial charge in [-0.3, -0.25) is 13.6 Å². The van der Waals surface area contributed by atoms with Gasteiger partial charge in [0.05, 0.1) is 19.8 Å². The Labute approximate surface area is 157 Å². The van der Waals surface area contributed by atoms with Crippen LogP contribution in [0.2, 0.25) is 0 Å². The minimum Gasteiger partial charge on any atom is -0.385 e. The zero-order chi connectivity index (χ0) is 21.3. The SMILES string of the molecule is O=P(O)(O)O[C@@H]1[C@@H](O)[C@H](O[C@H]2COC[C@H]2OP(=O)(O)O)OC[C@H]1OP(=O)(O)O. The van der Waals surface area contributed by atoms with Gasteiger partial charge in [0.1, 0.15) is 30.5 Å². The third-order valence-corrected chi connectivity index (χ3v) is 5.11. The molecule has 166 valence electrons. The molecule has 0 spiro atoms. The first-order valence-corrected chi connectivity index (χ1v) is 12.0. The first-order valence-electron chi connectivity index (χ1n) is 7.39. The van der Waals surface area contributed by atoms with E-state index in [-0.39, 0.29) is 13.2 Å². The minimum absolute atomic E-state index is 0.219. The summed E-state index contributed by atoms with van der Waals surface area (Å²) in [6.45, 7) is -1.19. The van der Waals surface area contributed by atoms with Gasteiger partial charge in [0.15, 0.2) is 6.29 Å². The van der Waals surface area contributed by atoms with E-state index in [9.17, 15) is 18.8 Å². The van der Waals surface area contributed by atoms with Crippen LogP contribution in [0.1, 0.15) is 0 Å². The zero-order valence-corrected chi connectivity index (χ0v) is 16.4. The number of phosphoric acid groups is 3. The summed E-state index contributed by atoms with van der Waals surface area (Å²) < 4.78 is 61.6. The predicted molar refractivity (Wildman–Crippen MR) is 82.2 cm³/mol. The fraction of sp³-hybridized carbons (Fsp3) is 1.00. The lowest BCUT2D eigenvalue weighted by molar-refractivity contribution is -0.281. The Morgan fingerprint density at radius 2 is 1.21 bits per heavy atom. The van der Waals surface area contributed by atoms with Gasteiger partial charge in [-0.25, -0.2) is 13.7 Å². The Morgan fingerprint density at radius 1 is 0.714 bits per heavy atom. The molecule has 0 amide bonds. The fourth-order valence-corrected chi connectivity index (χ4v) is 4.18. The number of aliphatic hydroxyl groups excluding tert-OH is 1. The zero-order valence-electron chi connectivity index (χ0n) is 13.7. The highest BCUT2D eigenvalue weighted by Crippen LogP contribution is 2.46. The van der Waals surface area contributed by atoms with E-state index in [2.05, 4.69) is 13.6 Å². The van der Waals surface area contributed by atoms with Crippen LogP contribution in [-0.4, -0.2) is 91.1 Å². The van der Waals surface area contributed by atoms with Crippen LogP contribution in [0, 0.1) is 0 Å². The van der Waals surface area contributed by atoms with Crippen molar-refractivity contribution in [2.45, 2.75) is 36.8 Å². The normalized spacial score (nSPS) is 35.2. The van der Waals surface area contributed by atoms with Gasteiger partial charge >= 0.3 is 23.5 Å². The van der Waals surface area contributed by atoms with Crippen molar-refractivity contribution >= 4 is 23.5 Å². The molecule has 2 aliphatic rings. The van der Waals surface area contributed by atoms with Gasteiger partial charge in [0.25, 0.3) is 0 Å². The van der Waals surface area contributed by atoms with Crippen LogP contribution in [-0.2, 0) is 41.5 Å². The Hall–Kier alpha value is 0.170. The summed E-state index contributed by atoms with van der Waals surface area (Å²) in [5.74, 6) is 0. The van der Waals surface area contributed by atoms with Gasteiger partial charge in [-0.15, -0.1) is 0 Å². The smallest absolute Gasteiger partial charge is 0.385 e. The van der Waals surface area contributed by atoms with Crippen LogP contribution < -0.4 is 0 Å². The standard InChI is InChI=1S/C9H19O16P3/c10-7-8(25-28(17,18)19)6(24-27(14,15)16)3-21-9(7)22-4-1-20-2-5(4)23-26(11,12)13/h4-10H,1-3H2,(H2,11,12,13)(H2,14,15,16)(H2,17,18,19)/t4-,5+,6+,7+,8-,9-/m0/s1. The Bertz CT molecular complexity index is 666. The molecule has 2 rings (SSSR count). The third-order valence-electron chi connectivity index (χ3n) is 3.50. The molecule has 16 nitrogen and oxygen atoms in total. The number of hydrogen-bond acceptors (Lipinski definition) is 10. The first kappa shape index (κ1) is 24.4. The molecule has 2 aliphatic heterocycles. The summed E-state index contributed by atoms with van der Waals surface area (Å²) in [7, 11) is -15.3. The molecule has 0 saturated carbocycles. The Balaban J connectivity index is 2.11. The molecular formula is C9H19O16P3. The van der Waals surface area contributed by atoms with Crippen LogP contribution in [0.4, 0.5) is 0 Å². The molecule has 6 atom stereocenters. The maximum atomic E-state index is 11.1. The largest absolute Gasteiger partial charge is 0.470 e. The third kappa shape index (κ3) is 7.78. The van der Waals surface area contributed by atoms with Crippen molar-refractivity contribution in [3.63, 3.8) is 0 Å². The van der Waals surface area contributed by atoms with Crippen molar-refractivity contribution in [3.8, 4) is 0 Å². The van der Waals surface area contributed by atoms with Crippen molar-refractivity contribution in [1.29, 1.82) is 0 Å². The van der Waals surface area contributed by atoms with E-state index in [0.29, 0.717) is 0 Å². The molecule has 0 aromatic rings. The monoisotopic (exact) mass is 476 g/mol. The lowest BCUT2D eigenvalue weighted by Gasteiger charge is -2.40. The summed E-state index contributed by atoms with van der Waals surface area (Å²) >= 11 is 0. The highest BCUT2D eigenvalue weighted by Gasteiger charge is 2.49. The lowest BCUT2D eigenvalue weighted by atomic mass is 10.1. The number of rotatable bonds is 8.